The van der Waals surface area contributed by atoms with Crippen LogP contribution < -0.4 is 4.74 Å². The maximum atomic E-state index is 9.19. The van der Waals surface area contributed by atoms with Gasteiger partial charge in [0.2, 0.25) is 0 Å². The third-order valence-electron chi connectivity index (χ3n) is 3.46. The second kappa shape index (κ2) is 5.29. The number of aromatic nitrogens is 2. The Morgan fingerprint density at radius 2 is 1.95 bits per heavy atom. The quantitative estimate of drug-likeness (QED) is 0.736. The standard InChI is InChI=1S/C17H15N3O/c1-3-21-14-9-7-12(8-10-14)17-19-16-13(11-18)5-4-6-15(16)20(17)2/h4-10H,3H2,1-2H3. The van der Waals surface area contributed by atoms with Gasteiger partial charge in [-0.3, -0.25) is 0 Å². The molecule has 2 aromatic carbocycles. The highest BCUT2D eigenvalue weighted by Crippen LogP contribution is 2.26. The number of para-hydroxylation sites is 1. The van der Waals surface area contributed by atoms with Gasteiger partial charge in [0.25, 0.3) is 0 Å². The van der Waals surface area contributed by atoms with Gasteiger partial charge in [-0.15, -0.1) is 0 Å². The predicted molar refractivity (Wildman–Crippen MR) is 82.0 cm³/mol. The summed E-state index contributed by atoms with van der Waals surface area (Å²) in [6.07, 6.45) is 0. The van der Waals surface area contributed by atoms with Crippen molar-refractivity contribution in [1.82, 2.24) is 9.55 Å². The SMILES string of the molecule is CCOc1ccc(-c2nc3c(C#N)cccc3n2C)cc1. The number of imidazole rings is 1. The molecule has 3 rings (SSSR count). The lowest BCUT2D eigenvalue weighted by molar-refractivity contribution is 0.340. The Labute approximate surface area is 123 Å². The number of ether oxygens (including phenoxy) is 1. The zero-order valence-corrected chi connectivity index (χ0v) is 12.0. The fourth-order valence-corrected chi connectivity index (χ4v) is 2.43. The number of aryl methyl sites for hydroxylation is 1. The Morgan fingerprint density at radius 3 is 2.62 bits per heavy atom. The minimum atomic E-state index is 0.597. The number of rotatable bonds is 3. The lowest BCUT2D eigenvalue weighted by atomic mass is 10.2. The van der Waals surface area contributed by atoms with Crippen molar-refractivity contribution in [3.05, 3.63) is 48.0 Å². The summed E-state index contributed by atoms with van der Waals surface area (Å²) in [5.41, 5.74) is 3.30. The van der Waals surface area contributed by atoms with E-state index in [9.17, 15) is 5.26 Å². The molecular formula is C17H15N3O. The van der Waals surface area contributed by atoms with Crippen molar-refractivity contribution in [2.45, 2.75) is 6.92 Å². The van der Waals surface area contributed by atoms with Crippen LogP contribution in [0.15, 0.2) is 42.5 Å². The first-order chi connectivity index (χ1) is 10.2. The lowest BCUT2D eigenvalue weighted by Gasteiger charge is -2.05. The molecule has 0 spiro atoms. The van der Waals surface area contributed by atoms with Gasteiger partial charge in [-0.05, 0) is 43.3 Å². The highest BCUT2D eigenvalue weighted by Gasteiger charge is 2.12. The maximum Gasteiger partial charge on any atom is 0.140 e. The van der Waals surface area contributed by atoms with Crippen molar-refractivity contribution in [3.8, 4) is 23.2 Å². The molecule has 0 fully saturated rings. The highest BCUT2D eigenvalue weighted by atomic mass is 16.5. The lowest BCUT2D eigenvalue weighted by Crippen LogP contribution is -1.94. The van der Waals surface area contributed by atoms with Crippen LogP contribution in [0, 0.1) is 11.3 Å². The Kier molecular flexibility index (Phi) is 3.33. The van der Waals surface area contributed by atoms with Crippen LogP contribution in [-0.4, -0.2) is 16.2 Å². The zero-order chi connectivity index (χ0) is 14.8. The zero-order valence-electron chi connectivity index (χ0n) is 12.0. The summed E-state index contributed by atoms with van der Waals surface area (Å²) in [7, 11) is 1.96. The second-order valence-corrected chi connectivity index (χ2v) is 4.74. The maximum absolute atomic E-state index is 9.19. The molecule has 0 bridgehead atoms. The molecule has 1 heterocycles. The molecule has 0 aliphatic carbocycles. The van der Waals surface area contributed by atoms with E-state index in [0.717, 1.165) is 28.2 Å². The first-order valence-corrected chi connectivity index (χ1v) is 6.83. The molecule has 0 N–H and O–H groups in total. The molecule has 0 saturated carbocycles. The van der Waals surface area contributed by atoms with E-state index in [1.165, 1.54) is 0 Å². The smallest absolute Gasteiger partial charge is 0.140 e. The summed E-state index contributed by atoms with van der Waals surface area (Å²) in [6, 6.07) is 15.7. The van der Waals surface area contributed by atoms with Gasteiger partial charge in [0, 0.05) is 12.6 Å². The van der Waals surface area contributed by atoms with Gasteiger partial charge in [-0.25, -0.2) is 4.98 Å². The summed E-state index contributed by atoms with van der Waals surface area (Å²) in [5, 5.41) is 9.19. The number of fused-ring (bicyclic) bond motifs is 1. The van der Waals surface area contributed by atoms with Crippen LogP contribution in [0.4, 0.5) is 0 Å². The average Bonchev–Trinajstić information content (AvgIpc) is 2.86. The average molecular weight is 277 g/mol. The van der Waals surface area contributed by atoms with Gasteiger partial charge in [0.05, 0.1) is 17.7 Å². The van der Waals surface area contributed by atoms with Gasteiger partial charge in [-0.1, -0.05) is 6.07 Å². The molecule has 0 radical (unpaired) electrons. The molecule has 21 heavy (non-hydrogen) atoms. The molecule has 0 aliphatic rings. The third kappa shape index (κ3) is 2.23. The van der Waals surface area contributed by atoms with E-state index in [2.05, 4.69) is 11.1 Å². The number of hydrogen-bond donors (Lipinski definition) is 0. The molecule has 0 saturated heterocycles. The van der Waals surface area contributed by atoms with Crippen LogP contribution in [0.2, 0.25) is 0 Å². The van der Waals surface area contributed by atoms with Crippen LogP contribution in [0.1, 0.15) is 12.5 Å². The number of nitrogens with zero attached hydrogens (tertiary/aromatic N) is 3. The topological polar surface area (TPSA) is 50.8 Å². The van der Waals surface area contributed by atoms with Gasteiger partial charge in [0.15, 0.2) is 0 Å². The highest BCUT2D eigenvalue weighted by molar-refractivity contribution is 5.85. The summed E-state index contributed by atoms with van der Waals surface area (Å²) in [6.45, 7) is 2.61. The molecule has 0 amide bonds. The number of hydrogen-bond acceptors (Lipinski definition) is 3. The monoisotopic (exact) mass is 277 g/mol. The fraction of sp³-hybridized carbons (Fsp3) is 0.176. The predicted octanol–water partition coefficient (Wildman–Crippen LogP) is 3.51. The summed E-state index contributed by atoms with van der Waals surface area (Å²) in [4.78, 5) is 4.63. The summed E-state index contributed by atoms with van der Waals surface area (Å²) >= 11 is 0. The Morgan fingerprint density at radius 1 is 1.19 bits per heavy atom. The van der Waals surface area contributed by atoms with Gasteiger partial charge >= 0.3 is 0 Å². The molecule has 1 aromatic heterocycles. The van der Waals surface area contributed by atoms with Crippen LogP contribution in [0.25, 0.3) is 22.4 Å². The van der Waals surface area contributed by atoms with Crippen molar-refractivity contribution in [1.29, 1.82) is 5.26 Å². The van der Waals surface area contributed by atoms with Crippen molar-refractivity contribution in [2.24, 2.45) is 7.05 Å². The van der Waals surface area contributed by atoms with Crippen LogP contribution in [-0.2, 0) is 7.05 Å². The molecule has 0 atom stereocenters. The number of benzene rings is 2. The van der Waals surface area contributed by atoms with Crippen LogP contribution >= 0.6 is 0 Å². The summed E-state index contributed by atoms with van der Waals surface area (Å²) < 4.78 is 7.46. The largest absolute Gasteiger partial charge is 0.494 e. The molecule has 0 aliphatic heterocycles. The minimum absolute atomic E-state index is 0.597. The second-order valence-electron chi connectivity index (χ2n) is 4.74. The third-order valence-corrected chi connectivity index (χ3v) is 3.46. The molecule has 3 aromatic rings. The number of nitriles is 1. The van der Waals surface area contributed by atoms with E-state index < -0.39 is 0 Å². The molecule has 104 valence electrons. The van der Waals surface area contributed by atoms with E-state index in [1.807, 2.05) is 54.9 Å². The first-order valence-electron chi connectivity index (χ1n) is 6.83. The first kappa shape index (κ1) is 13.2. The van der Waals surface area contributed by atoms with Gasteiger partial charge in [0.1, 0.15) is 23.2 Å². The van der Waals surface area contributed by atoms with E-state index in [4.69, 9.17) is 4.74 Å². The Balaban J connectivity index is 2.12. The Hall–Kier alpha value is -2.80. The molecule has 4 heteroatoms. The van der Waals surface area contributed by atoms with E-state index in [0.29, 0.717) is 12.2 Å². The summed E-state index contributed by atoms with van der Waals surface area (Å²) in [5.74, 6) is 1.69. The fourth-order valence-electron chi connectivity index (χ4n) is 2.43. The van der Waals surface area contributed by atoms with Gasteiger partial charge < -0.3 is 9.30 Å². The molecular weight excluding hydrogens is 262 g/mol. The van der Waals surface area contributed by atoms with Crippen molar-refractivity contribution in [2.75, 3.05) is 6.61 Å². The van der Waals surface area contributed by atoms with E-state index in [-0.39, 0.29) is 0 Å². The van der Waals surface area contributed by atoms with E-state index in [1.54, 1.807) is 6.07 Å². The van der Waals surface area contributed by atoms with Crippen molar-refractivity contribution < 1.29 is 4.74 Å². The molecule has 0 unspecified atom stereocenters. The minimum Gasteiger partial charge on any atom is -0.494 e. The van der Waals surface area contributed by atoms with Crippen LogP contribution in [0.5, 0.6) is 5.75 Å². The Bertz CT molecular complexity index is 826. The van der Waals surface area contributed by atoms with Gasteiger partial charge in [-0.2, -0.15) is 5.26 Å². The van der Waals surface area contributed by atoms with Crippen molar-refractivity contribution in [3.63, 3.8) is 0 Å². The normalized spacial score (nSPS) is 10.5. The molecule has 4 nitrogen and oxygen atoms in total. The van der Waals surface area contributed by atoms with Crippen LogP contribution in [0.3, 0.4) is 0 Å². The van der Waals surface area contributed by atoms with E-state index >= 15 is 0 Å². The van der Waals surface area contributed by atoms with Crippen molar-refractivity contribution >= 4 is 11.0 Å².